The SMILES string of the molecule is O=C(OC1CCCN(c2ccccn2)C1)C1CC1. The van der Waals surface area contributed by atoms with Crippen LogP contribution in [0.2, 0.25) is 0 Å². The molecule has 1 aromatic heterocycles. The summed E-state index contributed by atoms with van der Waals surface area (Å²) in [7, 11) is 0. The van der Waals surface area contributed by atoms with Crippen LogP contribution in [0.25, 0.3) is 0 Å². The molecular weight excluding hydrogens is 228 g/mol. The molecule has 1 unspecified atom stereocenters. The molecule has 0 radical (unpaired) electrons. The van der Waals surface area contributed by atoms with E-state index in [0.717, 1.165) is 44.6 Å². The molecule has 96 valence electrons. The number of carbonyl (C=O) groups is 1. The lowest BCUT2D eigenvalue weighted by Crippen LogP contribution is -2.41. The third-order valence-electron chi connectivity index (χ3n) is 3.54. The first-order valence-corrected chi connectivity index (χ1v) is 6.69. The number of esters is 1. The van der Waals surface area contributed by atoms with E-state index in [1.165, 1.54) is 0 Å². The number of pyridine rings is 1. The van der Waals surface area contributed by atoms with E-state index in [2.05, 4.69) is 9.88 Å². The molecule has 2 heterocycles. The standard InChI is InChI=1S/C14H18N2O2/c17-14(11-6-7-11)18-12-4-3-9-16(10-12)13-5-1-2-8-15-13/h1-2,5,8,11-12H,3-4,6-7,9-10H2. The summed E-state index contributed by atoms with van der Waals surface area (Å²) in [6.07, 6.45) is 5.88. The lowest BCUT2D eigenvalue weighted by molar-refractivity contribution is -0.151. The maximum atomic E-state index is 11.7. The van der Waals surface area contributed by atoms with Crippen molar-refractivity contribution in [2.75, 3.05) is 18.0 Å². The Balaban J connectivity index is 1.59. The molecule has 4 heteroatoms. The third-order valence-corrected chi connectivity index (χ3v) is 3.54. The Morgan fingerprint density at radius 3 is 2.94 bits per heavy atom. The summed E-state index contributed by atoms with van der Waals surface area (Å²) in [4.78, 5) is 18.2. The predicted molar refractivity (Wildman–Crippen MR) is 68.3 cm³/mol. The van der Waals surface area contributed by atoms with Crippen molar-refractivity contribution < 1.29 is 9.53 Å². The Hall–Kier alpha value is -1.58. The van der Waals surface area contributed by atoms with Crippen LogP contribution in [-0.2, 0) is 9.53 Å². The number of ether oxygens (including phenoxy) is 1. The largest absolute Gasteiger partial charge is 0.460 e. The van der Waals surface area contributed by atoms with Crippen molar-refractivity contribution in [1.82, 2.24) is 4.98 Å². The van der Waals surface area contributed by atoms with Crippen LogP contribution in [0.4, 0.5) is 5.82 Å². The molecule has 0 amide bonds. The Kier molecular flexibility index (Phi) is 3.17. The molecule has 1 aliphatic carbocycles. The summed E-state index contributed by atoms with van der Waals surface area (Å²) >= 11 is 0. The van der Waals surface area contributed by atoms with Crippen LogP contribution < -0.4 is 4.90 Å². The Bertz CT molecular complexity index is 417. The number of hydrogen-bond donors (Lipinski definition) is 0. The second-order valence-electron chi connectivity index (χ2n) is 5.11. The number of hydrogen-bond acceptors (Lipinski definition) is 4. The summed E-state index contributed by atoms with van der Waals surface area (Å²) < 4.78 is 5.56. The van der Waals surface area contributed by atoms with Crippen molar-refractivity contribution >= 4 is 11.8 Å². The smallest absolute Gasteiger partial charge is 0.309 e. The summed E-state index contributed by atoms with van der Waals surface area (Å²) in [5, 5.41) is 0. The molecule has 0 bridgehead atoms. The molecule has 0 aromatic carbocycles. The minimum absolute atomic E-state index is 0.00266. The number of carbonyl (C=O) groups excluding carboxylic acids is 1. The monoisotopic (exact) mass is 246 g/mol. The van der Waals surface area contributed by atoms with Gasteiger partial charge in [-0.15, -0.1) is 0 Å². The van der Waals surface area contributed by atoms with Crippen LogP contribution in [0, 0.1) is 5.92 Å². The summed E-state index contributed by atoms with van der Waals surface area (Å²) in [6, 6.07) is 5.91. The van der Waals surface area contributed by atoms with Gasteiger partial charge in [0.05, 0.1) is 12.5 Å². The van der Waals surface area contributed by atoms with E-state index in [9.17, 15) is 4.79 Å². The predicted octanol–water partition coefficient (Wildman–Crippen LogP) is 2.00. The summed E-state index contributed by atoms with van der Waals surface area (Å²) in [5.41, 5.74) is 0. The maximum absolute atomic E-state index is 11.7. The van der Waals surface area contributed by atoms with E-state index < -0.39 is 0 Å². The zero-order chi connectivity index (χ0) is 12.4. The van der Waals surface area contributed by atoms with Crippen molar-refractivity contribution in [1.29, 1.82) is 0 Å². The molecule has 18 heavy (non-hydrogen) atoms. The maximum Gasteiger partial charge on any atom is 0.309 e. The van der Waals surface area contributed by atoms with Gasteiger partial charge in [-0.1, -0.05) is 6.07 Å². The fourth-order valence-electron chi connectivity index (χ4n) is 2.36. The van der Waals surface area contributed by atoms with Gasteiger partial charge in [0.15, 0.2) is 0 Å². The average molecular weight is 246 g/mol. The second-order valence-corrected chi connectivity index (χ2v) is 5.11. The van der Waals surface area contributed by atoms with Gasteiger partial charge in [0.1, 0.15) is 11.9 Å². The van der Waals surface area contributed by atoms with Gasteiger partial charge in [-0.25, -0.2) is 4.98 Å². The fourth-order valence-corrected chi connectivity index (χ4v) is 2.36. The highest BCUT2D eigenvalue weighted by atomic mass is 16.5. The Morgan fingerprint density at radius 2 is 2.22 bits per heavy atom. The van der Waals surface area contributed by atoms with Gasteiger partial charge < -0.3 is 9.64 Å². The molecule has 2 fully saturated rings. The molecule has 1 aliphatic heterocycles. The van der Waals surface area contributed by atoms with Gasteiger partial charge in [-0.3, -0.25) is 4.79 Å². The number of aromatic nitrogens is 1. The first kappa shape index (κ1) is 11.5. The highest BCUT2D eigenvalue weighted by Crippen LogP contribution is 2.31. The number of anilines is 1. The van der Waals surface area contributed by atoms with Crippen molar-refractivity contribution in [3.8, 4) is 0 Å². The lowest BCUT2D eigenvalue weighted by atomic mass is 10.1. The third kappa shape index (κ3) is 2.63. The van der Waals surface area contributed by atoms with Gasteiger partial charge in [0.25, 0.3) is 0 Å². The molecule has 0 spiro atoms. The van der Waals surface area contributed by atoms with Crippen LogP contribution in [-0.4, -0.2) is 30.1 Å². The minimum Gasteiger partial charge on any atom is -0.460 e. The second kappa shape index (κ2) is 4.96. The van der Waals surface area contributed by atoms with E-state index >= 15 is 0 Å². The van der Waals surface area contributed by atoms with Crippen molar-refractivity contribution in [3.05, 3.63) is 24.4 Å². The zero-order valence-corrected chi connectivity index (χ0v) is 10.4. The normalized spacial score (nSPS) is 23.8. The number of rotatable bonds is 3. The number of piperidine rings is 1. The molecule has 2 aliphatic rings. The van der Waals surface area contributed by atoms with Crippen molar-refractivity contribution in [3.63, 3.8) is 0 Å². The fraction of sp³-hybridized carbons (Fsp3) is 0.571. The van der Waals surface area contributed by atoms with E-state index in [1.807, 2.05) is 18.2 Å². The highest BCUT2D eigenvalue weighted by molar-refractivity contribution is 5.75. The molecular formula is C14H18N2O2. The van der Waals surface area contributed by atoms with Crippen LogP contribution >= 0.6 is 0 Å². The summed E-state index contributed by atoms with van der Waals surface area (Å²) in [5.74, 6) is 1.17. The van der Waals surface area contributed by atoms with E-state index in [0.29, 0.717) is 0 Å². The van der Waals surface area contributed by atoms with Crippen LogP contribution in [0.1, 0.15) is 25.7 Å². The molecule has 4 nitrogen and oxygen atoms in total. The first-order chi connectivity index (χ1) is 8.83. The summed E-state index contributed by atoms with van der Waals surface area (Å²) in [6.45, 7) is 1.77. The molecule has 1 atom stereocenters. The van der Waals surface area contributed by atoms with Gasteiger partial charge in [0.2, 0.25) is 0 Å². The Morgan fingerprint density at radius 1 is 1.33 bits per heavy atom. The molecule has 1 saturated heterocycles. The van der Waals surface area contributed by atoms with Gasteiger partial charge in [-0.2, -0.15) is 0 Å². The molecule has 1 aromatic rings. The molecule has 3 rings (SSSR count). The highest BCUT2D eigenvalue weighted by Gasteiger charge is 2.34. The lowest BCUT2D eigenvalue weighted by Gasteiger charge is -2.33. The van der Waals surface area contributed by atoms with Gasteiger partial charge in [0, 0.05) is 12.7 Å². The van der Waals surface area contributed by atoms with Gasteiger partial charge in [-0.05, 0) is 37.8 Å². The van der Waals surface area contributed by atoms with Crippen LogP contribution in [0.5, 0.6) is 0 Å². The quantitative estimate of drug-likeness (QED) is 0.765. The van der Waals surface area contributed by atoms with E-state index in [-0.39, 0.29) is 18.0 Å². The topological polar surface area (TPSA) is 42.4 Å². The van der Waals surface area contributed by atoms with Gasteiger partial charge >= 0.3 is 5.97 Å². The average Bonchev–Trinajstić information content (AvgIpc) is 3.24. The first-order valence-electron chi connectivity index (χ1n) is 6.69. The molecule has 1 saturated carbocycles. The number of nitrogens with zero attached hydrogens (tertiary/aromatic N) is 2. The zero-order valence-electron chi connectivity index (χ0n) is 10.4. The van der Waals surface area contributed by atoms with E-state index in [4.69, 9.17) is 4.74 Å². The minimum atomic E-state index is 0.00266. The van der Waals surface area contributed by atoms with Crippen molar-refractivity contribution in [2.45, 2.75) is 31.8 Å². The molecule has 0 N–H and O–H groups in total. The van der Waals surface area contributed by atoms with E-state index in [1.54, 1.807) is 6.20 Å². The van der Waals surface area contributed by atoms with Crippen molar-refractivity contribution in [2.24, 2.45) is 5.92 Å². The van der Waals surface area contributed by atoms with Crippen LogP contribution in [0.3, 0.4) is 0 Å². The van der Waals surface area contributed by atoms with Crippen LogP contribution in [0.15, 0.2) is 24.4 Å². The Labute approximate surface area is 107 Å².